The van der Waals surface area contributed by atoms with Gasteiger partial charge in [0, 0.05) is 11.4 Å². The molecule has 0 saturated carbocycles. The maximum absolute atomic E-state index is 12.8. The van der Waals surface area contributed by atoms with E-state index in [1.165, 1.54) is 4.90 Å². The molecule has 0 aliphatic carbocycles. The molecule has 31 heavy (non-hydrogen) atoms. The number of rotatable bonds is 6. The third-order valence-electron chi connectivity index (χ3n) is 5.36. The largest absolute Gasteiger partial charge is 0.456 e. The zero-order valence-electron chi connectivity index (χ0n) is 17.3. The zero-order chi connectivity index (χ0) is 22.0. The average Bonchev–Trinajstić information content (AvgIpc) is 3.16. The van der Waals surface area contributed by atoms with Crippen LogP contribution in [-0.4, -0.2) is 42.2 Å². The number of nitrogens with one attached hydrogen (secondary N) is 2. The molecule has 2 heterocycles. The van der Waals surface area contributed by atoms with Crippen LogP contribution in [-0.2, 0) is 20.9 Å². The number of carbonyl (C=O) groups excluding carboxylic acids is 3. The number of hydrogen-bond acceptors (Lipinski definition) is 5. The summed E-state index contributed by atoms with van der Waals surface area (Å²) in [5.74, 6) is -0.788. The highest BCUT2D eigenvalue weighted by molar-refractivity contribution is 7.98. The summed E-state index contributed by atoms with van der Waals surface area (Å²) in [6, 6.07) is 14.5. The van der Waals surface area contributed by atoms with Crippen molar-refractivity contribution in [3.63, 3.8) is 0 Å². The fourth-order valence-corrected chi connectivity index (χ4v) is 4.04. The summed E-state index contributed by atoms with van der Waals surface area (Å²) in [5.41, 5.74) is 3.72. The molecule has 0 bridgehead atoms. The van der Waals surface area contributed by atoms with Crippen LogP contribution in [0.5, 0.6) is 0 Å². The normalized spacial score (nSPS) is 17.9. The highest BCUT2D eigenvalue weighted by Gasteiger charge is 2.42. The van der Waals surface area contributed by atoms with E-state index in [-0.39, 0.29) is 19.1 Å². The molecule has 3 amide bonds. The van der Waals surface area contributed by atoms with E-state index in [1.54, 1.807) is 11.8 Å². The molecular weight excluding hydrogens is 414 g/mol. The van der Waals surface area contributed by atoms with Gasteiger partial charge in [-0.25, -0.2) is 9.59 Å². The number of amides is 3. The number of hydrogen-bond donors (Lipinski definition) is 2. The molecule has 0 aromatic heterocycles. The minimum Gasteiger partial charge on any atom is -0.456 e. The fraction of sp³-hybridized carbons (Fsp3) is 0.261. The molecule has 1 atom stereocenters. The van der Waals surface area contributed by atoms with Crippen molar-refractivity contribution in [2.24, 2.45) is 0 Å². The molecular formula is C23H23N3O4S. The topological polar surface area (TPSA) is 87.7 Å². The van der Waals surface area contributed by atoms with E-state index < -0.39 is 18.0 Å². The van der Waals surface area contributed by atoms with E-state index in [9.17, 15) is 14.4 Å². The summed E-state index contributed by atoms with van der Waals surface area (Å²) >= 11 is 1.61. The number of aryl methyl sites for hydroxylation is 1. The van der Waals surface area contributed by atoms with Gasteiger partial charge < -0.3 is 15.4 Å². The third-order valence-corrected chi connectivity index (χ3v) is 6.10. The first-order chi connectivity index (χ1) is 15.0. The first kappa shape index (κ1) is 21.0. The van der Waals surface area contributed by atoms with Crippen LogP contribution in [0.4, 0.5) is 4.79 Å². The summed E-state index contributed by atoms with van der Waals surface area (Å²) in [4.78, 5) is 40.1. The number of carbonyl (C=O) groups is 3. The van der Waals surface area contributed by atoms with Crippen molar-refractivity contribution in [2.45, 2.75) is 24.4 Å². The monoisotopic (exact) mass is 437 g/mol. The Morgan fingerprint density at radius 2 is 1.87 bits per heavy atom. The number of esters is 1. The lowest BCUT2D eigenvalue weighted by Gasteiger charge is -2.32. The van der Waals surface area contributed by atoms with Crippen LogP contribution in [0.1, 0.15) is 22.7 Å². The van der Waals surface area contributed by atoms with Gasteiger partial charge in [0.2, 0.25) is 5.91 Å². The molecule has 0 saturated heterocycles. The van der Waals surface area contributed by atoms with Crippen molar-refractivity contribution >= 4 is 29.7 Å². The average molecular weight is 438 g/mol. The van der Waals surface area contributed by atoms with E-state index in [2.05, 4.69) is 10.6 Å². The van der Waals surface area contributed by atoms with Gasteiger partial charge in [0.25, 0.3) is 0 Å². The van der Waals surface area contributed by atoms with Crippen LogP contribution in [0, 0.1) is 6.92 Å². The number of benzene rings is 2. The maximum Gasteiger partial charge on any atom is 0.338 e. The summed E-state index contributed by atoms with van der Waals surface area (Å²) in [6.07, 6.45) is 1.98. The van der Waals surface area contributed by atoms with Crippen molar-refractivity contribution in [2.75, 3.05) is 19.4 Å². The van der Waals surface area contributed by atoms with E-state index in [4.69, 9.17) is 4.74 Å². The molecule has 8 heteroatoms. The molecule has 0 unspecified atom stereocenters. The molecule has 2 N–H and O–H groups in total. The highest BCUT2D eigenvalue weighted by Crippen LogP contribution is 2.35. The van der Waals surface area contributed by atoms with Gasteiger partial charge in [-0.3, -0.25) is 9.69 Å². The maximum atomic E-state index is 12.8. The predicted molar refractivity (Wildman–Crippen MR) is 117 cm³/mol. The Morgan fingerprint density at radius 3 is 2.55 bits per heavy atom. The van der Waals surface area contributed by atoms with Crippen LogP contribution in [0.15, 0.2) is 64.7 Å². The SMILES string of the molecule is CSc1ccc([C@@H]2NC(=O)N(CC(=O)NCc3ccc(C)cc3)C3=C2C(=O)OC3)cc1. The van der Waals surface area contributed by atoms with Crippen molar-refractivity contribution in [3.05, 3.63) is 76.5 Å². The third kappa shape index (κ3) is 4.44. The predicted octanol–water partition coefficient (Wildman–Crippen LogP) is 2.91. The first-order valence-corrected chi connectivity index (χ1v) is 11.1. The van der Waals surface area contributed by atoms with Gasteiger partial charge in [-0.05, 0) is 36.4 Å². The Hall–Kier alpha value is -3.26. The molecule has 0 radical (unpaired) electrons. The number of nitrogens with zero attached hydrogens (tertiary/aromatic N) is 1. The van der Waals surface area contributed by atoms with Gasteiger partial charge in [0.05, 0.1) is 17.3 Å². The number of thioether (sulfide) groups is 1. The second-order valence-corrected chi connectivity index (χ2v) is 8.32. The molecule has 4 rings (SSSR count). The van der Waals surface area contributed by atoms with E-state index in [0.29, 0.717) is 17.8 Å². The van der Waals surface area contributed by atoms with Gasteiger partial charge in [0.15, 0.2) is 0 Å². The van der Waals surface area contributed by atoms with Gasteiger partial charge in [0.1, 0.15) is 13.2 Å². The number of cyclic esters (lactones) is 1. The lowest BCUT2D eigenvalue weighted by Crippen LogP contribution is -2.50. The summed E-state index contributed by atoms with van der Waals surface area (Å²) < 4.78 is 5.21. The number of ether oxygens (including phenoxy) is 1. The lowest BCUT2D eigenvalue weighted by molar-refractivity contribution is -0.136. The van der Waals surface area contributed by atoms with Crippen molar-refractivity contribution in [1.29, 1.82) is 0 Å². The van der Waals surface area contributed by atoms with Crippen molar-refractivity contribution < 1.29 is 19.1 Å². The fourth-order valence-electron chi connectivity index (χ4n) is 3.63. The molecule has 2 aromatic rings. The van der Waals surface area contributed by atoms with Crippen molar-refractivity contribution in [3.8, 4) is 0 Å². The zero-order valence-corrected chi connectivity index (χ0v) is 18.1. The van der Waals surface area contributed by atoms with Crippen LogP contribution in [0.2, 0.25) is 0 Å². The molecule has 7 nitrogen and oxygen atoms in total. The van der Waals surface area contributed by atoms with E-state index in [1.807, 2.05) is 61.7 Å². The van der Waals surface area contributed by atoms with Crippen LogP contribution in [0.25, 0.3) is 0 Å². The van der Waals surface area contributed by atoms with E-state index >= 15 is 0 Å². The Kier molecular flexibility index (Phi) is 5.99. The molecule has 2 aliphatic rings. The molecule has 0 spiro atoms. The number of urea groups is 1. The Labute approximate surface area is 184 Å². The smallest absolute Gasteiger partial charge is 0.338 e. The second kappa shape index (κ2) is 8.85. The minimum absolute atomic E-state index is 0.0216. The Morgan fingerprint density at radius 1 is 1.16 bits per heavy atom. The Balaban J connectivity index is 1.50. The first-order valence-electron chi connectivity index (χ1n) is 9.90. The van der Waals surface area contributed by atoms with Crippen LogP contribution in [0.3, 0.4) is 0 Å². The van der Waals surface area contributed by atoms with Gasteiger partial charge in [-0.2, -0.15) is 0 Å². The highest BCUT2D eigenvalue weighted by atomic mass is 32.2. The molecule has 2 aromatic carbocycles. The quantitative estimate of drug-likeness (QED) is 0.536. The van der Waals surface area contributed by atoms with Crippen LogP contribution >= 0.6 is 11.8 Å². The standard InChI is InChI=1S/C23H23N3O4S/c1-14-3-5-15(6-4-14)11-24-19(27)12-26-18-13-30-22(28)20(18)21(25-23(26)29)16-7-9-17(31-2)10-8-16/h3-10,21H,11-13H2,1-2H3,(H,24,27)(H,25,29)/t21-/m0/s1. The molecule has 2 aliphatic heterocycles. The Bertz CT molecular complexity index is 1050. The summed E-state index contributed by atoms with van der Waals surface area (Å²) in [5, 5.41) is 5.67. The summed E-state index contributed by atoms with van der Waals surface area (Å²) in [7, 11) is 0. The van der Waals surface area contributed by atoms with E-state index in [0.717, 1.165) is 21.6 Å². The van der Waals surface area contributed by atoms with Crippen LogP contribution < -0.4 is 10.6 Å². The second-order valence-electron chi connectivity index (χ2n) is 7.44. The molecule has 0 fully saturated rings. The lowest BCUT2D eigenvalue weighted by atomic mass is 9.96. The van der Waals surface area contributed by atoms with Gasteiger partial charge in [-0.1, -0.05) is 42.0 Å². The molecule has 160 valence electrons. The summed E-state index contributed by atoms with van der Waals surface area (Å²) in [6.45, 7) is 2.15. The van der Waals surface area contributed by atoms with Gasteiger partial charge >= 0.3 is 12.0 Å². The van der Waals surface area contributed by atoms with Crippen molar-refractivity contribution in [1.82, 2.24) is 15.5 Å². The van der Waals surface area contributed by atoms with Gasteiger partial charge in [-0.15, -0.1) is 11.8 Å². The minimum atomic E-state index is -0.597.